The molecule has 0 radical (unpaired) electrons. The van der Waals surface area contributed by atoms with Gasteiger partial charge in [0.1, 0.15) is 0 Å². The minimum atomic E-state index is 0.0310. The first-order valence-corrected chi connectivity index (χ1v) is 10.8. The van der Waals surface area contributed by atoms with Crippen LogP contribution in [0.4, 0.5) is 10.9 Å². The Labute approximate surface area is 171 Å². The van der Waals surface area contributed by atoms with Gasteiger partial charge in [0.25, 0.3) is 0 Å². The molecule has 0 aliphatic carbocycles. The zero-order chi connectivity index (χ0) is 19.3. The Morgan fingerprint density at radius 3 is 3.00 bits per heavy atom. The number of hydrogen-bond acceptors (Lipinski definition) is 8. The van der Waals surface area contributed by atoms with Gasteiger partial charge >= 0.3 is 0 Å². The summed E-state index contributed by atoms with van der Waals surface area (Å²) in [4.78, 5) is 31.8. The van der Waals surface area contributed by atoms with Crippen LogP contribution in [0.2, 0.25) is 0 Å². The predicted molar refractivity (Wildman–Crippen MR) is 112 cm³/mol. The molecule has 0 saturated carbocycles. The quantitative estimate of drug-likeness (QED) is 0.641. The molecule has 144 valence electrons. The highest BCUT2D eigenvalue weighted by molar-refractivity contribution is 7.13. The number of nitrogens with one attached hydrogen (secondary N) is 1. The van der Waals surface area contributed by atoms with Crippen molar-refractivity contribution in [3.05, 3.63) is 51.8 Å². The summed E-state index contributed by atoms with van der Waals surface area (Å²) in [6.45, 7) is 3.43. The number of aryl methyl sites for hydroxylation is 1. The van der Waals surface area contributed by atoms with E-state index < -0.39 is 0 Å². The molecule has 3 aromatic heterocycles. The van der Waals surface area contributed by atoms with E-state index in [-0.39, 0.29) is 11.8 Å². The largest absolute Gasteiger partial charge is 0.338 e. The highest BCUT2D eigenvalue weighted by atomic mass is 32.1. The number of carbonyl (C=O) groups excluding carboxylic acids is 1. The van der Waals surface area contributed by atoms with Crippen LogP contribution in [0, 0.1) is 6.92 Å². The summed E-state index contributed by atoms with van der Waals surface area (Å²) in [5.41, 5.74) is 1.86. The minimum Gasteiger partial charge on any atom is -0.338 e. The molecule has 28 heavy (non-hydrogen) atoms. The summed E-state index contributed by atoms with van der Waals surface area (Å²) in [6, 6.07) is 0. The van der Waals surface area contributed by atoms with Gasteiger partial charge in [0.2, 0.25) is 5.91 Å². The maximum absolute atomic E-state index is 12.6. The second-order valence-electron chi connectivity index (χ2n) is 6.54. The molecule has 1 amide bonds. The summed E-state index contributed by atoms with van der Waals surface area (Å²) in [6.07, 6.45) is 10.4. The Balaban J connectivity index is 1.38. The molecule has 1 saturated heterocycles. The molecule has 4 heterocycles. The van der Waals surface area contributed by atoms with E-state index in [1.54, 1.807) is 53.4 Å². The molecule has 1 N–H and O–H groups in total. The van der Waals surface area contributed by atoms with Crippen molar-refractivity contribution in [3.8, 4) is 0 Å². The summed E-state index contributed by atoms with van der Waals surface area (Å²) >= 11 is 3.13. The van der Waals surface area contributed by atoms with Gasteiger partial charge in [-0.05, 0) is 25.8 Å². The van der Waals surface area contributed by atoms with Gasteiger partial charge in [0.15, 0.2) is 10.9 Å². The normalized spacial score (nSPS) is 17.2. The lowest BCUT2D eigenvalue weighted by atomic mass is 9.95. The van der Waals surface area contributed by atoms with Crippen LogP contribution < -0.4 is 5.32 Å². The molecule has 9 heteroatoms. The molecule has 7 nitrogen and oxygen atoms in total. The summed E-state index contributed by atoms with van der Waals surface area (Å²) in [7, 11) is 0. The van der Waals surface area contributed by atoms with Crippen LogP contribution in [0.1, 0.15) is 35.2 Å². The van der Waals surface area contributed by atoms with Gasteiger partial charge in [-0.25, -0.2) is 15.0 Å². The molecule has 0 spiro atoms. The highest BCUT2D eigenvalue weighted by Crippen LogP contribution is 2.30. The van der Waals surface area contributed by atoms with Crippen LogP contribution in [0.5, 0.6) is 0 Å². The Kier molecular flexibility index (Phi) is 5.73. The van der Waals surface area contributed by atoms with E-state index in [2.05, 4.69) is 25.6 Å². The van der Waals surface area contributed by atoms with Gasteiger partial charge in [-0.1, -0.05) is 0 Å². The smallest absolute Gasteiger partial charge is 0.246 e. The number of hydrogen-bond donors (Lipinski definition) is 1. The average Bonchev–Trinajstić information content (AvgIpc) is 3.36. The Morgan fingerprint density at radius 2 is 2.21 bits per heavy atom. The number of anilines is 2. The highest BCUT2D eigenvalue weighted by Gasteiger charge is 2.25. The van der Waals surface area contributed by atoms with Crippen LogP contribution in [-0.2, 0) is 4.79 Å². The van der Waals surface area contributed by atoms with E-state index >= 15 is 0 Å². The molecule has 1 fully saturated rings. The first-order chi connectivity index (χ1) is 13.7. The van der Waals surface area contributed by atoms with Crippen LogP contribution in [-0.4, -0.2) is 43.8 Å². The minimum absolute atomic E-state index is 0.0310. The molecule has 3 aromatic rings. The van der Waals surface area contributed by atoms with Crippen molar-refractivity contribution in [1.82, 2.24) is 24.8 Å². The van der Waals surface area contributed by atoms with E-state index in [4.69, 9.17) is 4.98 Å². The van der Waals surface area contributed by atoms with Crippen molar-refractivity contribution in [3.63, 3.8) is 0 Å². The van der Waals surface area contributed by atoms with Crippen molar-refractivity contribution >= 4 is 45.6 Å². The van der Waals surface area contributed by atoms with E-state index in [0.29, 0.717) is 12.4 Å². The van der Waals surface area contributed by atoms with Gasteiger partial charge in [-0.15, -0.1) is 22.7 Å². The summed E-state index contributed by atoms with van der Waals surface area (Å²) in [5, 5.41) is 8.98. The number of amides is 1. The molecule has 1 unspecified atom stereocenters. The third kappa shape index (κ3) is 4.60. The Bertz CT molecular complexity index is 968. The number of nitrogens with zero attached hydrogens (tertiary/aromatic N) is 5. The fourth-order valence-corrected chi connectivity index (χ4v) is 4.52. The molecule has 1 aliphatic rings. The van der Waals surface area contributed by atoms with Gasteiger partial charge in [-0.3, -0.25) is 9.78 Å². The number of likely N-dealkylation sites (tertiary alicyclic amines) is 1. The lowest BCUT2D eigenvalue weighted by Crippen LogP contribution is -2.38. The fourth-order valence-electron chi connectivity index (χ4n) is 3.14. The van der Waals surface area contributed by atoms with Gasteiger partial charge in [0, 0.05) is 48.2 Å². The maximum Gasteiger partial charge on any atom is 0.246 e. The van der Waals surface area contributed by atoms with Crippen LogP contribution in [0.15, 0.2) is 35.4 Å². The van der Waals surface area contributed by atoms with Crippen molar-refractivity contribution in [2.45, 2.75) is 25.7 Å². The standard InChI is InChI=1S/C19H20N6OS2/c1-13-22-15(11-27-13)4-5-18(26)25-8-2-3-14(10-25)16-12-28-19(23-16)24-17-9-20-6-7-21-17/h4-7,9,11-12,14H,2-3,8,10H2,1H3,(H,21,23,24). The Hall–Kier alpha value is -2.65. The average molecular weight is 413 g/mol. The van der Waals surface area contributed by atoms with Crippen molar-refractivity contribution in [2.75, 3.05) is 18.4 Å². The number of carbonyl (C=O) groups is 1. The van der Waals surface area contributed by atoms with Crippen LogP contribution >= 0.6 is 22.7 Å². The predicted octanol–water partition coefficient (Wildman–Crippen LogP) is 3.86. The lowest BCUT2D eigenvalue weighted by Gasteiger charge is -2.31. The van der Waals surface area contributed by atoms with Crippen molar-refractivity contribution in [1.29, 1.82) is 0 Å². The second-order valence-corrected chi connectivity index (χ2v) is 8.46. The lowest BCUT2D eigenvalue weighted by molar-refractivity contribution is -0.127. The van der Waals surface area contributed by atoms with E-state index in [0.717, 1.165) is 40.9 Å². The van der Waals surface area contributed by atoms with Gasteiger partial charge in [-0.2, -0.15) is 0 Å². The zero-order valence-corrected chi connectivity index (χ0v) is 17.0. The molecule has 1 aliphatic heterocycles. The molecule has 4 rings (SSSR count). The zero-order valence-electron chi connectivity index (χ0n) is 15.4. The van der Waals surface area contributed by atoms with Gasteiger partial charge in [0.05, 0.1) is 22.6 Å². The van der Waals surface area contributed by atoms with Gasteiger partial charge < -0.3 is 10.2 Å². The molecule has 0 aromatic carbocycles. The SMILES string of the molecule is Cc1nc(C=CC(=O)N2CCCC(c3csc(Nc4cnccn4)n3)C2)cs1. The molecule has 0 bridgehead atoms. The fraction of sp³-hybridized carbons (Fsp3) is 0.316. The van der Waals surface area contributed by atoms with E-state index in [1.807, 2.05) is 17.2 Å². The van der Waals surface area contributed by atoms with Crippen LogP contribution in [0.25, 0.3) is 6.08 Å². The van der Waals surface area contributed by atoms with Crippen molar-refractivity contribution in [2.24, 2.45) is 0 Å². The number of aromatic nitrogens is 4. The molecular formula is C19H20N6OS2. The summed E-state index contributed by atoms with van der Waals surface area (Å²) < 4.78 is 0. The first-order valence-electron chi connectivity index (χ1n) is 9.05. The summed E-state index contributed by atoms with van der Waals surface area (Å²) in [5.74, 6) is 0.955. The number of piperidine rings is 1. The Morgan fingerprint density at radius 1 is 1.29 bits per heavy atom. The number of thiazole rings is 2. The van der Waals surface area contributed by atoms with E-state index in [1.165, 1.54) is 0 Å². The topological polar surface area (TPSA) is 83.9 Å². The van der Waals surface area contributed by atoms with Crippen molar-refractivity contribution < 1.29 is 4.79 Å². The van der Waals surface area contributed by atoms with E-state index in [9.17, 15) is 4.79 Å². The first kappa shape index (κ1) is 18.7. The monoisotopic (exact) mass is 412 g/mol. The number of rotatable bonds is 5. The molecule has 1 atom stereocenters. The molecular weight excluding hydrogens is 392 g/mol. The third-order valence-electron chi connectivity index (χ3n) is 4.50. The third-order valence-corrected chi connectivity index (χ3v) is 6.07. The maximum atomic E-state index is 12.6. The van der Waals surface area contributed by atoms with Crippen LogP contribution in [0.3, 0.4) is 0 Å². The second kappa shape index (κ2) is 8.57.